The first kappa shape index (κ1) is 12.5. The van der Waals surface area contributed by atoms with E-state index in [1.807, 2.05) is 6.07 Å². The molecule has 0 aliphatic carbocycles. The standard InChI is InChI=1S/C12H17FOS/c1-3-4-8-15-11-7-5-6-10(13)12(11)9(2)14/h5-7,9,14H,3-4,8H2,1-2H3/t9-/m1/s1. The van der Waals surface area contributed by atoms with Crippen molar-refractivity contribution in [3.05, 3.63) is 29.6 Å². The molecule has 1 rings (SSSR count). The Morgan fingerprint density at radius 1 is 1.47 bits per heavy atom. The highest BCUT2D eigenvalue weighted by Gasteiger charge is 2.13. The van der Waals surface area contributed by atoms with Crippen molar-refractivity contribution >= 4 is 11.8 Å². The molecule has 0 aliphatic heterocycles. The Balaban J connectivity index is 2.81. The van der Waals surface area contributed by atoms with Crippen molar-refractivity contribution in [2.75, 3.05) is 5.75 Å². The lowest BCUT2D eigenvalue weighted by Gasteiger charge is -2.12. The lowest BCUT2D eigenvalue weighted by molar-refractivity contribution is 0.191. The summed E-state index contributed by atoms with van der Waals surface area (Å²) in [6.07, 6.45) is 1.50. The van der Waals surface area contributed by atoms with E-state index >= 15 is 0 Å². The van der Waals surface area contributed by atoms with Gasteiger partial charge in [0.2, 0.25) is 0 Å². The molecule has 0 aliphatic rings. The summed E-state index contributed by atoms with van der Waals surface area (Å²) in [4.78, 5) is 0.860. The molecular formula is C12H17FOS. The fourth-order valence-electron chi connectivity index (χ4n) is 1.38. The smallest absolute Gasteiger partial charge is 0.130 e. The second-order valence-corrected chi connectivity index (χ2v) is 4.67. The van der Waals surface area contributed by atoms with Crippen LogP contribution >= 0.6 is 11.8 Å². The molecular weight excluding hydrogens is 211 g/mol. The van der Waals surface area contributed by atoms with E-state index < -0.39 is 6.10 Å². The largest absolute Gasteiger partial charge is 0.389 e. The number of rotatable bonds is 5. The van der Waals surface area contributed by atoms with Crippen LogP contribution in [0.15, 0.2) is 23.1 Å². The maximum absolute atomic E-state index is 13.4. The van der Waals surface area contributed by atoms with Crippen molar-refractivity contribution in [1.82, 2.24) is 0 Å². The molecule has 0 spiro atoms. The fraction of sp³-hybridized carbons (Fsp3) is 0.500. The van der Waals surface area contributed by atoms with Crippen LogP contribution < -0.4 is 0 Å². The Morgan fingerprint density at radius 3 is 2.80 bits per heavy atom. The van der Waals surface area contributed by atoms with Crippen LogP contribution in [-0.4, -0.2) is 10.9 Å². The van der Waals surface area contributed by atoms with Crippen LogP contribution in [0.3, 0.4) is 0 Å². The van der Waals surface area contributed by atoms with Crippen LogP contribution in [0, 0.1) is 5.82 Å². The molecule has 1 atom stereocenters. The molecule has 1 aromatic carbocycles. The van der Waals surface area contributed by atoms with Gasteiger partial charge in [-0.3, -0.25) is 0 Å². The minimum Gasteiger partial charge on any atom is -0.389 e. The first-order valence-corrected chi connectivity index (χ1v) is 6.24. The number of halogens is 1. The van der Waals surface area contributed by atoms with E-state index in [0.717, 1.165) is 23.5 Å². The molecule has 0 amide bonds. The molecule has 1 aromatic rings. The van der Waals surface area contributed by atoms with E-state index in [2.05, 4.69) is 6.92 Å². The topological polar surface area (TPSA) is 20.2 Å². The number of unbranched alkanes of at least 4 members (excludes halogenated alkanes) is 1. The Hall–Kier alpha value is -0.540. The summed E-state index contributed by atoms with van der Waals surface area (Å²) in [7, 11) is 0. The quantitative estimate of drug-likeness (QED) is 0.611. The lowest BCUT2D eigenvalue weighted by atomic mass is 10.1. The zero-order valence-electron chi connectivity index (χ0n) is 9.16. The molecule has 1 N–H and O–H groups in total. The van der Waals surface area contributed by atoms with E-state index in [4.69, 9.17) is 0 Å². The van der Waals surface area contributed by atoms with Crippen molar-refractivity contribution < 1.29 is 9.50 Å². The summed E-state index contributed by atoms with van der Waals surface area (Å²) in [5, 5.41) is 9.49. The Kier molecular flexibility index (Phi) is 5.12. The number of hydrogen-bond donors (Lipinski definition) is 1. The third-order valence-corrected chi connectivity index (χ3v) is 3.35. The predicted octanol–water partition coefficient (Wildman–Crippen LogP) is 3.77. The zero-order valence-corrected chi connectivity index (χ0v) is 9.98. The first-order chi connectivity index (χ1) is 7.16. The van der Waals surface area contributed by atoms with Crippen molar-refractivity contribution in [1.29, 1.82) is 0 Å². The van der Waals surface area contributed by atoms with Gasteiger partial charge in [-0.05, 0) is 31.2 Å². The van der Waals surface area contributed by atoms with E-state index in [0.29, 0.717) is 5.56 Å². The molecule has 1 nitrogen and oxygen atoms in total. The molecule has 0 saturated carbocycles. The van der Waals surface area contributed by atoms with E-state index in [1.54, 1.807) is 24.8 Å². The molecule has 15 heavy (non-hydrogen) atoms. The Labute approximate surface area is 94.7 Å². The minimum absolute atomic E-state index is 0.313. The molecule has 84 valence electrons. The summed E-state index contributed by atoms with van der Waals surface area (Å²) >= 11 is 1.61. The molecule has 0 heterocycles. The van der Waals surface area contributed by atoms with Crippen molar-refractivity contribution in [2.24, 2.45) is 0 Å². The van der Waals surface area contributed by atoms with Gasteiger partial charge in [-0.2, -0.15) is 0 Å². The molecule has 0 radical (unpaired) electrons. The average molecular weight is 228 g/mol. The van der Waals surface area contributed by atoms with E-state index in [1.165, 1.54) is 6.07 Å². The second kappa shape index (κ2) is 6.13. The summed E-state index contributed by atoms with van der Waals surface area (Å²) in [6, 6.07) is 4.95. The van der Waals surface area contributed by atoms with Crippen LogP contribution in [0.5, 0.6) is 0 Å². The molecule has 0 bridgehead atoms. The number of aliphatic hydroxyl groups excluding tert-OH is 1. The van der Waals surface area contributed by atoms with Gasteiger partial charge in [-0.15, -0.1) is 11.8 Å². The third-order valence-electron chi connectivity index (χ3n) is 2.19. The fourth-order valence-corrected chi connectivity index (χ4v) is 2.63. The Bertz CT molecular complexity index is 312. The van der Waals surface area contributed by atoms with E-state index in [9.17, 15) is 9.50 Å². The summed E-state index contributed by atoms with van der Waals surface area (Å²) in [5.74, 6) is 0.658. The summed E-state index contributed by atoms with van der Waals surface area (Å²) < 4.78 is 13.4. The highest BCUT2D eigenvalue weighted by molar-refractivity contribution is 7.99. The highest BCUT2D eigenvalue weighted by Crippen LogP contribution is 2.30. The SMILES string of the molecule is CCCCSc1cccc(F)c1[C@@H](C)O. The Morgan fingerprint density at radius 2 is 2.20 bits per heavy atom. The number of hydrogen-bond acceptors (Lipinski definition) is 2. The summed E-state index contributed by atoms with van der Waals surface area (Å²) in [5.41, 5.74) is 0.429. The normalized spacial score (nSPS) is 12.8. The molecule has 0 aromatic heterocycles. The van der Waals surface area contributed by atoms with Gasteiger partial charge in [0.1, 0.15) is 5.82 Å². The van der Waals surface area contributed by atoms with Gasteiger partial charge in [0.15, 0.2) is 0 Å². The van der Waals surface area contributed by atoms with Gasteiger partial charge < -0.3 is 5.11 Å². The lowest BCUT2D eigenvalue weighted by Crippen LogP contribution is -1.98. The third kappa shape index (κ3) is 3.50. The van der Waals surface area contributed by atoms with Crippen molar-refractivity contribution in [2.45, 2.75) is 37.7 Å². The van der Waals surface area contributed by atoms with Crippen LogP contribution in [0.25, 0.3) is 0 Å². The molecule has 0 saturated heterocycles. The second-order valence-electron chi connectivity index (χ2n) is 3.53. The van der Waals surface area contributed by atoms with Gasteiger partial charge >= 0.3 is 0 Å². The zero-order chi connectivity index (χ0) is 11.3. The van der Waals surface area contributed by atoms with Gasteiger partial charge in [-0.1, -0.05) is 19.4 Å². The van der Waals surface area contributed by atoms with Crippen molar-refractivity contribution in [3.63, 3.8) is 0 Å². The highest BCUT2D eigenvalue weighted by atomic mass is 32.2. The predicted molar refractivity (Wildman–Crippen MR) is 62.7 cm³/mol. The van der Waals surface area contributed by atoms with Gasteiger partial charge in [-0.25, -0.2) is 4.39 Å². The van der Waals surface area contributed by atoms with Crippen molar-refractivity contribution in [3.8, 4) is 0 Å². The maximum Gasteiger partial charge on any atom is 0.130 e. The molecule has 0 unspecified atom stereocenters. The van der Waals surface area contributed by atoms with Crippen LogP contribution in [-0.2, 0) is 0 Å². The first-order valence-electron chi connectivity index (χ1n) is 5.26. The van der Waals surface area contributed by atoms with Gasteiger partial charge in [0.05, 0.1) is 6.10 Å². The minimum atomic E-state index is -0.740. The van der Waals surface area contributed by atoms with Gasteiger partial charge in [0.25, 0.3) is 0 Å². The van der Waals surface area contributed by atoms with Crippen LogP contribution in [0.2, 0.25) is 0 Å². The van der Waals surface area contributed by atoms with Crippen LogP contribution in [0.1, 0.15) is 38.4 Å². The molecule has 3 heteroatoms. The number of thioether (sulfide) groups is 1. The maximum atomic E-state index is 13.4. The van der Waals surface area contributed by atoms with E-state index in [-0.39, 0.29) is 5.82 Å². The van der Waals surface area contributed by atoms with Gasteiger partial charge in [0, 0.05) is 10.5 Å². The number of aliphatic hydroxyl groups is 1. The monoisotopic (exact) mass is 228 g/mol. The summed E-state index contributed by atoms with van der Waals surface area (Å²) in [6.45, 7) is 3.73. The number of benzene rings is 1. The average Bonchev–Trinajstić information content (AvgIpc) is 2.17. The van der Waals surface area contributed by atoms with Crippen LogP contribution in [0.4, 0.5) is 4.39 Å². The molecule has 0 fully saturated rings.